The smallest absolute Gasteiger partial charge is 0.323 e. The Bertz CT molecular complexity index is 771. The zero-order chi connectivity index (χ0) is 14.4. The van der Waals surface area contributed by atoms with Gasteiger partial charge in [-0.2, -0.15) is 0 Å². The van der Waals surface area contributed by atoms with Crippen molar-refractivity contribution in [3.05, 3.63) is 34.2 Å². The third-order valence-corrected chi connectivity index (χ3v) is 5.77. The van der Waals surface area contributed by atoms with Crippen molar-refractivity contribution in [3.63, 3.8) is 0 Å². The minimum Gasteiger partial charge on any atom is -0.323 e. The van der Waals surface area contributed by atoms with E-state index in [0.717, 1.165) is 0 Å². The number of sulfone groups is 1. The van der Waals surface area contributed by atoms with Crippen LogP contribution < -0.4 is 11.4 Å². The molecule has 0 aliphatic rings. The van der Waals surface area contributed by atoms with Gasteiger partial charge in [0, 0.05) is 12.3 Å². The van der Waals surface area contributed by atoms with E-state index >= 15 is 0 Å². The minimum atomic E-state index is -3.30. The van der Waals surface area contributed by atoms with E-state index in [1.54, 1.807) is 32.0 Å². The molecular weight excluding hydrogens is 266 g/mol. The number of imidazole rings is 1. The Morgan fingerprint density at radius 2 is 1.79 bits per heavy atom. The summed E-state index contributed by atoms with van der Waals surface area (Å²) in [5.41, 5.74) is 7.72. The summed E-state index contributed by atoms with van der Waals surface area (Å²) in [6.45, 7) is 3.19. The van der Waals surface area contributed by atoms with Crippen molar-refractivity contribution in [2.75, 3.05) is 6.26 Å². The Labute approximate surface area is 110 Å². The second-order valence-corrected chi connectivity index (χ2v) is 7.83. The summed E-state index contributed by atoms with van der Waals surface area (Å²) in [4.78, 5) is 16.4. The van der Waals surface area contributed by atoms with E-state index < -0.39 is 20.6 Å². The van der Waals surface area contributed by atoms with Gasteiger partial charge in [0.05, 0.1) is 15.8 Å². The van der Waals surface area contributed by atoms with Crippen molar-refractivity contribution in [1.82, 2.24) is 9.97 Å². The molecule has 19 heavy (non-hydrogen) atoms. The molecule has 1 unspecified atom stereocenters. The second-order valence-electron chi connectivity index (χ2n) is 5.24. The fourth-order valence-corrected chi connectivity index (χ4v) is 2.47. The highest BCUT2D eigenvalue weighted by atomic mass is 32.2. The lowest BCUT2D eigenvalue weighted by atomic mass is 9.96. The Kier molecular flexibility index (Phi) is 3.06. The number of aromatic nitrogens is 2. The lowest BCUT2D eigenvalue weighted by Gasteiger charge is -2.29. The van der Waals surface area contributed by atoms with Gasteiger partial charge in [0.1, 0.15) is 0 Å². The van der Waals surface area contributed by atoms with Crippen LogP contribution in [-0.2, 0) is 9.84 Å². The van der Waals surface area contributed by atoms with Crippen LogP contribution in [0, 0.1) is 0 Å². The van der Waals surface area contributed by atoms with Gasteiger partial charge in [-0.25, -0.2) is 13.2 Å². The highest BCUT2D eigenvalue weighted by molar-refractivity contribution is 7.92. The first kappa shape index (κ1) is 13.8. The second kappa shape index (κ2) is 4.21. The predicted octanol–water partition coefficient (Wildman–Crippen LogP) is 0.679. The fraction of sp³-hybridized carbons (Fsp3) is 0.417. The van der Waals surface area contributed by atoms with Crippen LogP contribution in [0.4, 0.5) is 0 Å². The van der Waals surface area contributed by atoms with E-state index in [1.165, 1.54) is 6.26 Å². The summed E-state index contributed by atoms with van der Waals surface area (Å²) in [5.74, 6) is 0. The Morgan fingerprint density at radius 3 is 2.37 bits per heavy atom. The lowest BCUT2D eigenvalue weighted by Crippen LogP contribution is -2.42. The molecule has 2 rings (SSSR count). The normalized spacial score (nSPS) is 14.7. The molecule has 4 N–H and O–H groups in total. The number of hydrogen-bond acceptors (Lipinski definition) is 4. The number of benzene rings is 1. The van der Waals surface area contributed by atoms with E-state index in [9.17, 15) is 13.2 Å². The molecule has 1 aromatic heterocycles. The lowest BCUT2D eigenvalue weighted by molar-refractivity contribution is 0.497. The van der Waals surface area contributed by atoms with Crippen LogP contribution >= 0.6 is 0 Å². The molecule has 0 saturated heterocycles. The summed E-state index contributed by atoms with van der Waals surface area (Å²) < 4.78 is 22.5. The van der Waals surface area contributed by atoms with Gasteiger partial charge < -0.3 is 15.7 Å². The van der Waals surface area contributed by atoms with Gasteiger partial charge in [-0.3, -0.25) is 0 Å². The van der Waals surface area contributed by atoms with Gasteiger partial charge in [0.25, 0.3) is 0 Å². The van der Waals surface area contributed by atoms with E-state index in [-0.39, 0.29) is 5.69 Å². The molecule has 0 aliphatic carbocycles. The molecule has 7 heteroatoms. The Hall–Kier alpha value is -1.60. The monoisotopic (exact) mass is 283 g/mol. The van der Waals surface area contributed by atoms with Gasteiger partial charge in [-0.1, -0.05) is 6.07 Å². The number of hydrogen-bond donors (Lipinski definition) is 3. The van der Waals surface area contributed by atoms with E-state index in [2.05, 4.69) is 9.97 Å². The van der Waals surface area contributed by atoms with Gasteiger partial charge in [0.2, 0.25) is 0 Å². The zero-order valence-corrected chi connectivity index (χ0v) is 11.8. The number of rotatable bonds is 3. The highest BCUT2D eigenvalue weighted by Crippen LogP contribution is 2.30. The Morgan fingerprint density at radius 1 is 1.21 bits per heavy atom. The summed E-state index contributed by atoms with van der Waals surface area (Å²) in [6.07, 6.45) is 1.17. The number of nitrogens with two attached hydrogens (primary N) is 1. The SMILES string of the molecule is CC(C)(C(N)c1ccc2[nH]c(=O)[nH]c2c1)S(C)(=O)=O. The molecular formula is C12H17N3O3S. The predicted molar refractivity (Wildman–Crippen MR) is 74.8 cm³/mol. The largest absolute Gasteiger partial charge is 0.323 e. The van der Waals surface area contributed by atoms with Crippen molar-refractivity contribution in [2.45, 2.75) is 24.6 Å². The van der Waals surface area contributed by atoms with Crippen molar-refractivity contribution >= 4 is 20.9 Å². The van der Waals surface area contributed by atoms with E-state index in [0.29, 0.717) is 16.6 Å². The number of aromatic amines is 2. The summed E-state index contributed by atoms with van der Waals surface area (Å²) in [7, 11) is -3.30. The first-order chi connectivity index (χ1) is 8.63. The number of H-pyrrole nitrogens is 2. The average Bonchev–Trinajstić information content (AvgIpc) is 2.65. The molecule has 6 nitrogen and oxygen atoms in total. The maximum absolute atomic E-state index is 11.8. The summed E-state index contributed by atoms with van der Waals surface area (Å²) >= 11 is 0. The van der Waals surface area contributed by atoms with Gasteiger partial charge in [0.15, 0.2) is 9.84 Å². The van der Waals surface area contributed by atoms with Crippen LogP contribution in [0.2, 0.25) is 0 Å². The topological polar surface area (TPSA) is 109 Å². The van der Waals surface area contributed by atoms with E-state index in [4.69, 9.17) is 5.73 Å². The maximum Gasteiger partial charge on any atom is 0.323 e. The maximum atomic E-state index is 11.8. The van der Waals surface area contributed by atoms with E-state index in [1.807, 2.05) is 0 Å². The third-order valence-electron chi connectivity index (χ3n) is 3.60. The standard InChI is InChI=1S/C12H17N3O3S/c1-12(2,19(3,17)18)10(13)7-4-5-8-9(6-7)15-11(16)14-8/h4-6,10H,13H2,1-3H3,(H2,14,15,16). The number of fused-ring (bicyclic) bond motifs is 1. The third kappa shape index (κ3) is 2.31. The Balaban J connectivity index is 2.52. The molecule has 0 bridgehead atoms. The van der Waals surface area contributed by atoms with Crippen LogP contribution in [0.25, 0.3) is 11.0 Å². The zero-order valence-electron chi connectivity index (χ0n) is 11.0. The minimum absolute atomic E-state index is 0.303. The average molecular weight is 283 g/mol. The molecule has 0 fully saturated rings. The quantitative estimate of drug-likeness (QED) is 0.769. The molecule has 0 spiro atoms. The van der Waals surface area contributed by atoms with Crippen molar-refractivity contribution in [3.8, 4) is 0 Å². The van der Waals surface area contributed by atoms with Crippen LogP contribution in [0.5, 0.6) is 0 Å². The highest BCUT2D eigenvalue weighted by Gasteiger charge is 2.37. The van der Waals surface area contributed by atoms with Crippen molar-refractivity contribution < 1.29 is 8.42 Å². The molecule has 0 saturated carbocycles. The summed E-state index contributed by atoms with van der Waals surface area (Å²) in [5, 5.41) is 0. The first-order valence-electron chi connectivity index (χ1n) is 5.80. The summed E-state index contributed by atoms with van der Waals surface area (Å²) in [6, 6.07) is 4.46. The van der Waals surface area contributed by atoms with Crippen molar-refractivity contribution in [1.29, 1.82) is 0 Å². The van der Waals surface area contributed by atoms with Crippen LogP contribution in [0.3, 0.4) is 0 Å². The first-order valence-corrected chi connectivity index (χ1v) is 7.69. The molecule has 0 amide bonds. The van der Waals surface area contributed by atoms with Crippen LogP contribution in [-0.4, -0.2) is 29.4 Å². The van der Waals surface area contributed by atoms with Crippen molar-refractivity contribution in [2.24, 2.45) is 5.73 Å². The van der Waals surface area contributed by atoms with Gasteiger partial charge >= 0.3 is 5.69 Å². The fourth-order valence-electron chi connectivity index (χ4n) is 1.88. The molecule has 1 heterocycles. The molecule has 1 atom stereocenters. The van der Waals surface area contributed by atoms with Gasteiger partial charge in [-0.05, 0) is 31.5 Å². The molecule has 0 aliphatic heterocycles. The van der Waals surface area contributed by atoms with Crippen LogP contribution in [0.15, 0.2) is 23.0 Å². The molecule has 104 valence electrons. The van der Waals surface area contributed by atoms with Gasteiger partial charge in [-0.15, -0.1) is 0 Å². The molecule has 0 radical (unpaired) electrons. The number of nitrogens with one attached hydrogen (secondary N) is 2. The molecule has 1 aromatic carbocycles. The molecule has 2 aromatic rings. The van der Waals surface area contributed by atoms with Crippen LogP contribution in [0.1, 0.15) is 25.5 Å².